The Morgan fingerprint density at radius 2 is 2.22 bits per heavy atom. The van der Waals surface area contributed by atoms with Crippen molar-refractivity contribution in [2.75, 3.05) is 51.3 Å². The van der Waals surface area contributed by atoms with Crippen molar-refractivity contribution in [3.05, 3.63) is 0 Å². The van der Waals surface area contributed by atoms with Crippen molar-refractivity contribution in [2.45, 2.75) is 29.9 Å². The average Bonchev–Trinajstić information content (AvgIpc) is 3.00. The minimum atomic E-state index is -0.155. The second kappa shape index (κ2) is 10.1. The number of hydrogen-bond acceptors (Lipinski definition) is 8. The van der Waals surface area contributed by atoms with Crippen LogP contribution in [0.1, 0.15) is 20.3 Å². The number of carbonyl (C=O) groups is 1. The molecule has 1 atom stereocenters. The van der Waals surface area contributed by atoms with E-state index >= 15 is 0 Å². The van der Waals surface area contributed by atoms with Crippen LogP contribution in [0.2, 0.25) is 0 Å². The smallest absolute Gasteiger partial charge is 0.233 e. The van der Waals surface area contributed by atoms with Crippen LogP contribution in [0.5, 0.6) is 0 Å². The molecule has 1 aromatic rings. The number of aromatic nitrogens is 2. The van der Waals surface area contributed by atoms with Crippen LogP contribution in [-0.2, 0) is 9.53 Å². The number of carbonyl (C=O) groups excluding carboxylic acids is 1. The highest BCUT2D eigenvalue weighted by Gasteiger charge is 2.16. The lowest BCUT2D eigenvalue weighted by Gasteiger charge is -2.26. The van der Waals surface area contributed by atoms with Gasteiger partial charge < -0.3 is 15.4 Å². The fourth-order valence-electron chi connectivity index (χ4n) is 2.17. The van der Waals surface area contributed by atoms with E-state index in [9.17, 15) is 4.79 Å². The zero-order valence-electron chi connectivity index (χ0n) is 13.7. The molecule has 1 aliphatic heterocycles. The third-order valence-electron chi connectivity index (χ3n) is 3.44. The molecule has 0 bridgehead atoms. The Bertz CT molecular complexity index is 479. The first-order chi connectivity index (χ1) is 11.2. The van der Waals surface area contributed by atoms with Gasteiger partial charge in [0, 0.05) is 26.2 Å². The molecule has 2 heterocycles. The second-order valence-corrected chi connectivity index (χ2v) is 7.83. The molecular formula is C14H25N5O2S2. The Balaban J connectivity index is 1.65. The summed E-state index contributed by atoms with van der Waals surface area (Å²) in [5, 5.41) is 15.0. The van der Waals surface area contributed by atoms with Crippen LogP contribution in [-0.4, -0.2) is 72.2 Å². The van der Waals surface area contributed by atoms with E-state index in [0.29, 0.717) is 6.54 Å². The fourth-order valence-corrected chi connectivity index (χ4v) is 4.12. The van der Waals surface area contributed by atoms with Gasteiger partial charge in [-0.2, -0.15) is 0 Å². The predicted octanol–water partition coefficient (Wildman–Crippen LogP) is 1.29. The van der Waals surface area contributed by atoms with Gasteiger partial charge >= 0.3 is 0 Å². The number of hydrogen-bond donors (Lipinski definition) is 2. The Kier molecular flexibility index (Phi) is 8.07. The van der Waals surface area contributed by atoms with E-state index in [-0.39, 0.29) is 11.2 Å². The molecule has 1 fully saturated rings. The maximum Gasteiger partial charge on any atom is 0.233 e. The Morgan fingerprint density at radius 1 is 1.43 bits per heavy atom. The average molecular weight is 360 g/mol. The molecule has 0 saturated carbocycles. The van der Waals surface area contributed by atoms with Gasteiger partial charge in [0.25, 0.3) is 0 Å². The number of thioether (sulfide) groups is 1. The van der Waals surface area contributed by atoms with Gasteiger partial charge in [-0.1, -0.05) is 23.1 Å². The summed E-state index contributed by atoms with van der Waals surface area (Å²) in [6.45, 7) is 10.1. The lowest BCUT2D eigenvalue weighted by atomic mass is 10.3. The summed E-state index contributed by atoms with van der Waals surface area (Å²) in [4.78, 5) is 14.1. The molecular weight excluding hydrogens is 334 g/mol. The number of nitrogens with zero attached hydrogens (tertiary/aromatic N) is 3. The highest BCUT2D eigenvalue weighted by atomic mass is 32.2. The molecule has 2 N–H and O–H groups in total. The van der Waals surface area contributed by atoms with E-state index in [4.69, 9.17) is 4.74 Å². The largest absolute Gasteiger partial charge is 0.379 e. The summed E-state index contributed by atoms with van der Waals surface area (Å²) >= 11 is 2.94. The summed E-state index contributed by atoms with van der Waals surface area (Å²) in [6, 6.07) is 0. The van der Waals surface area contributed by atoms with Crippen LogP contribution >= 0.6 is 23.1 Å². The maximum atomic E-state index is 11.7. The number of ether oxygens (including phenoxy) is 1. The van der Waals surface area contributed by atoms with Gasteiger partial charge in [0.05, 0.1) is 18.5 Å². The van der Waals surface area contributed by atoms with Crippen molar-refractivity contribution in [1.82, 2.24) is 20.4 Å². The highest BCUT2D eigenvalue weighted by Crippen LogP contribution is 2.28. The Morgan fingerprint density at radius 3 is 2.96 bits per heavy atom. The van der Waals surface area contributed by atoms with Gasteiger partial charge in [-0.3, -0.25) is 9.69 Å². The maximum absolute atomic E-state index is 11.7. The molecule has 23 heavy (non-hydrogen) atoms. The first kappa shape index (κ1) is 18.4. The van der Waals surface area contributed by atoms with Crippen molar-refractivity contribution >= 4 is 34.1 Å². The van der Waals surface area contributed by atoms with Crippen LogP contribution in [0.15, 0.2) is 4.34 Å². The Hall–Kier alpha value is -0.900. The number of nitrogens with one attached hydrogen (secondary N) is 2. The summed E-state index contributed by atoms with van der Waals surface area (Å²) in [7, 11) is 0. The predicted molar refractivity (Wildman–Crippen MR) is 94.3 cm³/mol. The lowest BCUT2D eigenvalue weighted by molar-refractivity contribution is -0.120. The minimum absolute atomic E-state index is 0.0349. The molecule has 1 amide bonds. The minimum Gasteiger partial charge on any atom is -0.379 e. The van der Waals surface area contributed by atoms with Crippen molar-refractivity contribution in [3.8, 4) is 0 Å². The van der Waals surface area contributed by atoms with Crippen LogP contribution in [0.3, 0.4) is 0 Å². The number of rotatable bonds is 9. The molecule has 0 aromatic carbocycles. The summed E-state index contributed by atoms with van der Waals surface area (Å²) in [6.07, 6.45) is 1.07. The first-order valence-electron chi connectivity index (χ1n) is 8.01. The van der Waals surface area contributed by atoms with E-state index in [1.54, 1.807) is 0 Å². The molecule has 0 aliphatic carbocycles. The molecule has 0 radical (unpaired) electrons. The van der Waals surface area contributed by atoms with Gasteiger partial charge in [0.15, 0.2) is 4.34 Å². The zero-order chi connectivity index (χ0) is 16.5. The first-order valence-corrected chi connectivity index (χ1v) is 9.70. The molecule has 9 heteroatoms. The number of morpholine rings is 1. The van der Waals surface area contributed by atoms with E-state index in [1.165, 1.54) is 23.1 Å². The molecule has 0 spiro atoms. The van der Waals surface area contributed by atoms with Gasteiger partial charge in [-0.15, -0.1) is 10.2 Å². The van der Waals surface area contributed by atoms with E-state index in [0.717, 1.165) is 55.3 Å². The van der Waals surface area contributed by atoms with Gasteiger partial charge in [0.2, 0.25) is 11.0 Å². The van der Waals surface area contributed by atoms with Crippen LogP contribution in [0, 0.1) is 0 Å². The van der Waals surface area contributed by atoms with Gasteiger partial charge in [-0.05, 0) is 26.8 Å². The molecule has 130 valence electrons. The van der Waals surface area contributed by atoms with E-state index < -0.39 is 0 Å². The Labute approximate surface area is 145 Å². The molecule has 1 aliphatic rings. The standard InChI is InChI=1S/C14H25N5O2S2/c1-3-15-12(20)11(2)22-14-18-17-13(23-14)16-5-4-6-19-7-9-21-10-8-19/h11H,3-10H2,1-2H3,(H,15,20)(H,16,17)/t11-/m1/s1. The topological polar surface area (TPSA) is 79.4 Å². The zero-order valence-corrected chi connectivity index (χ0v) is 15.3. The molecule has 1 saturated heterocycles. The number of amides is 1. The third kappa shape index (κ3) is 6.62. The normalized spacial score (nSPS) is 17.0. The van der Waals surface area contributed by atoms with Crippen molar-refractivity contribution < 1.29 is 9.53 Å². The van der Waals surface area contributed by atoms with E-state index in [2.05, 4.69) is 25.7 Å². The van der Waals surface area contributed by atoms with Crippen molar-refractivity contribution in [2.24, 2.45) is 0 Å². The number of anilines is 1. The van der Waals surface area contributed by atoms with Gasteiger partial charge in [-0.25, -0.2) is 0 Å². The summed E-state index contributed by atoms with van der Waals surface area (Å²) in [5.74, 6) is 0.0349. The van der Waals surface area contributed by atoms with E-state index in [1.807, 2.05) is 13.8 Å². The highest BCUT2D eigenvalue weighted by molar-refractivity contribution is 8.02. The second-order valence-electron chi connectivity index (χ2n) is 5.26. The van der Waals surface area contributed by atoms with Crippen molar-refractivity contribution in [3.63, 3.8) is 0 Å². The van der Waals surface area contributed by atoms with Crippen molar-refractivity contribution in [1.29, 1.82) is 0 Å². The lowest BCUT2D eigenvalue weighted by Crippen LogP contribution is -2.37. The molecule has 7 nitrogen and oxygen atoms in total. The van der Waals surface area contributed by atoms with Gasteiger partial charge in [0.1, 0.15) is 0 Å². The summed E-state index contributed by atoms with van der Waals surface area (Å²) in [5.41, 5.74) is 0. The van der Waals surface area contributed by atoms with Crippen LogP contribution < -0.4 is 10.6 Å². The molecule has 2 rings (SSSR count). The van der Waals surface area contributed by atoms with Crippen LogP contribution in [0.4, 0.5) is 5.13 Å². The fraction of sp³-hybridized carbons (Fsp3) is 0.786. The quantitative estimate of drug-likeness (QED) is 0.508. The molecule has 1 aromatic heterocycles. The van der Waals surface area contributed by atoms with Crippen LogP contribution in [0.25, 0.3) is 0 Å². The SMILES string of the molecule is CCNC(=O)[C@@H](C)Sc1nnc(NCCCN2CCOCC2)s1. The summed E-state index contributed by atoms with van der Waals surface area (Å²) < 4.78 is 6.16. The third-order valence-corrected chi connectivity index (χ3v) is 5.50. The molecule has 0 unspecified atom stereocenters. The monoisotopic (exact) mass is 359 g/mol.